The SMILES string of the molecule is COc1ccc(CC(=O)NC(C)C(=O)NN=Cc2ccc(OCc3ccc([N+](=O)[O-])cc3)cc2)cc1. The lowest BCUT2D eigenvalue weighted by molar-refractivity contribution is -0.384. The Morgan fingerprint density at radius 2 is 1.58 bits per heavy atom. The highest BCUT2D eigenvalue weighted by atomic mass is 16.6. The molecule has 0 radical (unpaired) electrons. The molecule has 0 saturated carbocycles. The smallest absolute Gasteiger partial charge is 0.269 e. The number of carbonyl (C=O) groups is 2. The number of amides is 2. The van der Waals surface area contributed by atoms with Gasteiger partial charge in [0, 0.05) is 12.1 Å². The van der Waals surface area contributed by atoms with Crippen LogP contribution in [0.25, 0.3) is 0 Å². The molecule has 0 heterocycles. The van der Waals surface area contributed by atoms with Gasteiger partial charge in [-0.15, -0.1) is 0 Å². The van der Waals surface area contributed by atoms with Gasteiger partial charge in [0.05, 0.1) is 24.7 Å². The highest BCUT2D eigenvalue weighted by molar-refractivity contribution is 5.89. The summed E-state index contributed by atoms with van der Waals surface area (Å²) in [6, 6.07) is 19.5. The highest BCUT2D eigenvalue weighted by Gasteiger charge is 2.15. The van der Waals surface area contributed by atoms with E-state index in [1.165, 1.54) is 18.3 Å². The third-order valence-corrected chi connectivity index (χ3v) is 5.12. The lowest BCUT2D eigenvalue weighted by atomic mass is 10.1. The summed E-state index contributed by atoms with van der Waals surface area (Å²) in [4.78, 5) is 34.7. The first-order valence-corrected chi connectivity index (χ1v) is 11.1. The average Bonchev–Trinajstić information content (AvgIpc) is 2.88. The Morgan fingerprint density at radius 3 is 2.19 bits per heavy atom. The second-order valence-corrected chi connectivity index (χ2v) is 7.83. The topological polar surface area (TPSA) is 132 Å². The summed E-state index contributed by atoms with van der Waals surface area (Å²) in [5.41, 5.74) is 4.78. The maximum atomic E-state index is 12.2. The number of hydrogen-bond donors (Lipinski definition) is 2. The van der Waals surface area contributed by atoms with Crippen LogP contribution in [0.2, 0.25) is 0 Å². The third kappa shape index (κ3) is 7.94. The van der Waals surface area contributed by atoms with Gasteiger partial charge in [0.25, 0.3) is 11.6 Å². The van der Waals surface area contributed by atoms with Gasteiger partial charge >= 0.3 is 0 Å². The predicted octanol–water partition coefficient (Wildman–Crippen LogP) is 3.38. The fourth-order valence-electron chi connectivity index (χ4n) is 3.08. The molecule has 3 aromatic rings. The Kier molecular flexibility index (Phi) is 9.10. The van der Waals surface area contributed by atoms with Crippen molar-refractivity contribution >= 4 is 23.7 Å². The number of nitro benzene ring substituents is 1. The number of rotatable bonds is 11. The number of nitrogens with zero attached hydrogens (tertiary/aromatic N) is 2. The van der Waals surface area contributed by atoms with Crippen molar-refractivity contribution in [3.63, 3.8) is 0 Å². The van der Waals surface area contributed by atoms with Crippen LogP contribution in [0.15, 0.2) is 77.9 Å². The minimum atomic E-state index is -0.761. The molecule has 186 valence electrons. The number of ether oxygens (including phenoxy) is 2. The zero-order valence-corrected chi connectivity index (χ0v) is 19.8. The molecule has 10 heteroatoms. The predicted molar refractivity (Wildman–Crippen MR) is 134 cm³/mol. The second kappa shape index (κ2) is 12.7. The molecule has 0 saturated heterocycles. The fraction of sp³-hybridized carbons (Fsp3) is 0.192. The van der Waals surface area contributed by atoms with Gasteiger partial charge in [0.2, 0.25) is 5.91 Å². The standard InChI is InChI=1S/C26H26N4O6/c1-18(28-25(31)15-19-5-11-23(35-2)12-6-19)26(32)29-27-16-20-7-13-24(14-8-20)36-17-21-3-9-22(10-4-21)30(33)34/h3-14,16,18H,15,17H2,1-2H3,(H,28,31)(H,29,32). The molecule has 36 heavy (non-hydrogen) atoms. The molecule has 0 fully saturated rings. The van der Waals surface area contributed by atoms with Gasteiger partial charge in [-0.1, -0.05) is 12.1 Å². The zero-order valence-electron chi connectivity index (χ0n) is 19.8. The van der Waals surface area contributed by atoms with Crippen molar-refractivity contribution in [3.05, 3.63) is 99.6 Å². The maximum Gasteiger partial charge on any atom is 0.269 e. The molecular formula is C26H26N4O6. The van der Waals surface area contributed by atoms with E-state index in [-0.39, 0.29) is 24.6 Å². The van der Waals surface area contributed by atoms with Gasteiger partial charge < -0.3 is 14.8 Å². The normalized spacial score (nSPS) is 11.5. The molecule has 2 N–H and O–H groups in total. The van der Waals surface area contributed by atoms with Gasteiger partial charge in [-0.25, -0.2) is 5.43 Å². The summed E-state index contributed by atoms with van der Waals surface area (Å²) >= 11 is 0. The van der Waals surface area contributed by atoms with E-state index in [0.717, 1.165) is 16.7 Å². The number of carbonyl (C=O) groups excluding carboxylic acids is 2. The average molecular weight is 491 g/mol. The molecule has 3 rings (SSSR count). The molecule has 0 bridgehead atoms. The van der Waals surface area contributed by atoms with E-state index in [1.54, 1.807) is 74.7 Å². The van der Waals surface area contributed by atoms with Crippen LogP contribution in [0.4, 0.5) is 5.69 Å². The number of non-ortho nitro benzene ring substituents is 1. The molecule has 0 aliphatic heterocycles. The first-order valence-electron chi connectivity index (χ1n) is 11.1. The molecule has 1 atom stereocenters. The lowest BCUT2D eigenvalue weighted by Crippen LogP contribution is -2.43. The summed E-state index contributed by atoms with van der Waals surface area (Å²) in [5.74, 6) is 0.588. The summed E-state index contributed by atoms with van der Waals surface area (Å²) in [6.45, 7) is 1.84. The minimum Gasteiger partial charge on any atom is -0.497 e. The van der Waals surface area contributed by atoms with Crippen LogP contribution in [0, 0.1) is 10.1 Å². The molecule has 10 nitrogen and oxygen atoms in total. The van der Waals surface area contributed by atoms with Crippen molar-refractivity contribution in [2.75, 3.05) is 7.11 Å². The minimum absolute atomic E-state index is 0.0276. The summed E-state index contributed by atoms with van der Waals surface area (Å²) in [6.07, 6.45) is 1.62. The molecule has 0 aliphatic carbocycles. The van der Waals surface area contributed by atoms with Gasteiger partial charge in [-0.05, 0) is 72.1 Å². The Labute approximate surface area is 208 Å². The summed E-state index contributed by atoms with van der Waals surface area (Å²) in [5, 5.41) is 17.3. The quantitative estimate of drug-likeness (QED) is 0.241. The van der Waals surface area contributed by atoms with Crippen molar-refractivity contribution in [2.45, 2.75) is 26.0 Å². The molecule has 1 unspecified atom stereocenters. The molecule has 3 aromatic carbocycles. The van der Waals surface area contributed by atoms with Crippen molar-refractivity contribution in [2.24, 2.45) is 5.10 Å². The number of nitrogens with one attached hydrogen (secondary N) is 2. The molecule has 0 spiro atoms. The monoisotopic (exact) mass is 490 g/mol. The second-order valence-electron chi connectivity index (χ2n) is 7.83. The summed E-state index contributed by atoms with van der Waals surface area (Å²) < 4.78 is 10.8. The van der Waals surface area contributed by atoms with E-state index >= 15 is 0 Å². The van der Waals surface area contributed by atoms with E-state index in [1.807, 2.05) is 0 Å². The summed E-state index contributed by atoms with van der Waals surface area (Å²) in [7, 11) is 1.57. The molecule has 0 aliphatic rings. The van der Waals surface area contributed by atoms with Crippen LogP contribution in [-0.2, 0) is 22.6 Å². The first-order chi connectivity index (χ1) is 17.3. The van der Waals surface area contributed by atoms with Crippen molar-refractivity contribution in [1.82, 2.24) is 10.7 Å². The maximum absolute atomic E-state index is 12.2. The van der Waals surface area contributed by atoms with Crippen LogP contribution in [0.1, 0.15) is 23.6 Å². The van der Waals surface area contributed by atoms with E-state index < -0.39 is 16.9 Å². The first kappa shape index (κ1) is 25.9. The van der Waals surface area contributed by atoms with Crippen molar-refractivity contribution in [1.29, 1.82) is 0 Å². The van der Waals surface area contributed by atoms with Crippen LogP contribution >= 0.6 is 0 Å². The van der Waals surface area contributed by atoms with E-state index in [4.69, 9.17) is 9.47 Å². The van der Waals surface area contributed by atoms with E-state index in [0.29, 0.717) is 11.5 Å². The van der Waals surface area contributed by atoms with Gasteiger partial charge in [-0.2, -0.15) is 5.10 Å². The largest absolute Gasteiger partial charge is 0.497 e. The number of hydrogen-bond acceptors (Lipinski definition) is 7. The van der Waals surface area contributed by atoms with Crippen LogP contribution in [-0.4, -0.2) is 36.1 Å². The number of nitro groups is 1. The Balaban J connectivity index is 1.41. The van der Waals surface area contributed by atoms with Gasteiger partial charge in [-0.3, -0.25) is 19.7 Å². The number of benzene rings is 3. The van der Waals surface area contributed by atoms with Crippen LogP contribution in [0.3, 0.4) is 0 Å². The Bertz CT molecular complexity index is 1210. The molecular weight excluding hydrogens is 464 g/mol. The van der Waals surface area contributed by atoms with Gasteiger partial charge in [0.15, 0.2) is 0 Å². The van der Waals surface area contributed by atoms with Crippen molar-refractivity contribution < 1.29 is 24.0 Å². The number of hydrazone groups is 1. The van der Waals surface area contributed by atoms with Crippen LogP contribution < -0.4 is 20.2 Å². The van der Waals surface area contributed by atoms with Gasteiger partial charge in [0.1, 0.15) is 24.1 Å². The Hall–Kier alpha value is -4.73. The molecule has 2 amide bonds. The third-order valence-electron chi connectivity index (χ3n) is 5.12. The van der Waals surface area contributed by atoms with Crippen LogP contribution in [0.5, 0.6) is 11.5 Å². The Morgan fingerprint density at radius 1 is 0.972 bits per heavy atom. The zero-order chi connectivity index (χ0) is 25.9. The highest BCUT2D eigenvalue weighted by Crippen LogP contribution is 2.16. The fourth-order valence-corrected chi connectivity index (χ4v) is 3.08. The van der Waals surface area contributed by atoms with E-state index in [2.05, 4.69) is 15.8 Å². The van der Waals surface area contributed by atoms with E-state index in [9.17, 15) is 19.7 Å². The lowest BCUT2D eigenvalue weighted by Gasteiger charge is -2.12. The molecule has 0 aromatic heterocycles. The van der Waals surface area contributed by atoms with Crippen molar-refractivity contribution in [3.8, 4) is 11.5 Å². The number of methoxy groups -OCH3 is 1.